The highest BCUT2D eigenvalue weighted by atomic mass is 16.5. The van der Waals surface area contributed by atoms with Gasteiger partial charge in [-0.15, -0.1) is 0 Å². The molecule has 0 bridgehead atoms. The molecule has 0 aromatic carbocycles. The summed E-state index contributed by atoms with van der Waals surface area (Å²) in [7, 11) is 0. The summed E-state index contributed by atoms with van der Waals surface area (Å²) in [6.07, 6.45) is 8.22. The van der Waals surface area contributed by atoms with Crippen molar-refractivity contribution >= 4 is 5.91 Å². The topological polar surface area (TPSA) is 55.2 Å². The first-order chi connectivity index (χ1) is 12.3. The predicted molar refractivity (Wildman–Crippen MR) is 92.0 cm³/mol. The van der Waals surface area contributed by atoms with E-state index in [-0.39, 0.29) is 12.5 Å². The lowest BCUT2D eigenvalue weighted by atomic mass is 10.1. The molecular formula is C19H28N2O4. The molecule has 1 saturated carbocycles. The fourth-order valence-electron chi connectivity index (χ4n) is 4.45. The molecule has 6 nitrogen and oxygen atoms in total. The molecule has 2 saturated heterocycles. The van der Waals surface area contributed by atoms with E-state index in [2.05, 4.69) is 4.90 Å². The first-order valence-corrected chi connectivity index (χ1v) is 9.52. The van der Waals surface area contributed by atoms with E-state index in [1.165, 1.54) is 5.56 Å². The Morgan fingerprint density at radius 2 is 2.12 bits per heavy atom. The van der Waals surface area contributed by atoms with E-state index in [9.17, 15) is 4.79 Å². The Morgan fingerprint density at radius 1 is 1.24 bits per heavy atom. The van der Waals surface area contributed by atoms with Crippen LogP contribution in [0.1, 0.15) is 31.2 Å². The summed E-state index contributed by atoms with van der Waals surface area (Å²) in [5.41, 5.74) is 1.22. The summed E-state index contributed by atoms with van der Waals surface area (Å²) in [6.45, 7) is 5.36. The van der Waals surface area contributed by atoms with Gasteiger partial charge in [0.2, 0.25) is 5.91 Å². The van der Waals surface area contributed by atoms with E-state index < -0.39 is 0 Å². The molecule has 3 atom stereocenters. The molecule has 1 aliphatic carbocycles. The number of nitrogens with zero attached hydrogens (tertiary/aromatic N) is 2. The number of carbonyl (C=O) groups excluding carboxylic acids is 1. The zero-order valence-corrected chi connectivity index (χ0v) is 14.8. The Bertz CT molecular complexity index is 556. The highest BCUT2D eigenvalue weighted by molar-refractivity contribution is 5.77. The number of furan rings is 1. The lowest BCUT2D eigenvalue weighted by Gasteiger charge is -2.37. The second-order valence-corrected chi connectivity index (χ2v) is 7.52. The highest BCUT2D eigenvalue weighted by Gasteiger charge is 2.41. The van der Waals surface area contributed by atoms with Crippen LogP contribution in [0.5, 0.6) is 0 Å². The summed E-state index contributed by atoms with van der Waals surface area (Å²) in [5.74, 6) is 0.622. The summed E-state index contributed by atoms with van der Waals surface area (Å²) in [6, 6.07) is 2.48. The fourth-order valence-corrected chi connectivity index (χ4v) is 4.45. The highest BCUT2D eigenvalue weighted by Crippen LogP contribution is 2.35. The molecule has 3 heterocycles. The smallest absolute Gasteiger partial charge is 0.248 e. The first-order valence-electron chi connectivity index (χ1n) is 9.52. The van der Waals surface area contributed by atoms with Gasteiger partial charge >= 0.3 is 0 Å². The molecule has 1 amide bonds. The molecule has 1 aromatic rings. The Morgan fingerprint density at radius 3 is 2.92 bits per heavy atom. The lowest BCUT2D eigenvalue weighted by molar-refractivity contribution is -0.135. The number of hydrogen-bond donors (Lipinski definition) is 0. The maximum Gasteiger partial charge on any atom is 0.248 e. The van der Waals surface area contributed by atoms with Crippen molar-refractivity contribution in [3.05, 3.63) is 24.2 Å². The van der Waals surface area contributed by atoms with Crippen LogP contribution < -0.4 is 0 Å². The molecule has 25 heavy (non-hydrogen) atoms. The zero-order chi connectivity index (χ0) is 17.1. The number of ether oxygens (including phenoxy) is 2. The third kappa shape index (κ3) is 4.07. The number of amides is 1. The van der Waals surface area contributed by atoms with Crippen molar-refractivity contribution in [3.8, 4) is 0 Å². The minimum atomic E-state index is 0.144. The molecule has 3 unspecified atom stereocenters. The zero-order valence-electron chi connectivity index (χ0n) is 14.8. The van der Waals surface area contributed by atoms with Gasteiger partial charge in [-0.3, -0.25) is 9.69 Å². The number of carbonyl (C=O) groups is 1. The van der Waals surface area contributed by atoms with Gasteiger partial charge in [-0.05, 0) is 37.7 Å². The lowest BCUT2D eigenvalue weighted by Crippen LogP contribution is -2.47. The van der Waals surface area contributed by atoms with Crippen LogP contribution in [-0.4, -0.2) is 67.3 Å². The van der Waals surface area contributed by atoms with Gasteiger partial charge in [-0.25, -0.2) is 0 Å². The van der Waals surface area contributed by atoms with E-state index >= 15 is 0 Å². The van der Waals surface area contributed by atoms with E-state index in [0.717, 1.165) is 58.5 Å². The molecule has 3 aliphatic rings. The van der Waals surface area contributed by atoms with Gasteiger partial charge in [-0.1, -0.05) is 0 Å². The molecule has 2 aliphatic heterocycles. The molecule has 0 N–H and O–H groups in total. The van der Waals surface area contributed by atoms with Crippen molar-refractivity contribution in [2.24, 2.45) is 5.92 Å². The second-order valence-electron chi connectivity index (χ2n) is 7.52. The third-order valence-electron chi connectivity index (χ3n) is 5.75. The number of likely N-dealkylation sites (tertiary alicyclic amines) is 1. The molecule has 6 heteroatoms. The molecular weight excluding hydrogens is 320 g/mol. The Labute approximate surface area is 149 Å². The van der Waals surface area contributed by atoms with Gasteiger partial charge in [0, 0.05) is 37.8 Å². The molecule has 4 rings (SSSR count). The van der Waals surface area contributed by atoms with Crippen LogP contribution in [0.25, 0.3) is 0 Å². The summed E-state index contributed by atoms with van der Waals surface area (Å²) in [5, 5.41) is 0. The number of rotatable bonds is 6. The normalized spacial score (nSPS) is 29.9. The van der Waals surface area contributed by atoms with Crippen molar-refractivity contribution in [3.63, 3.8) is 0 Å². The number of fused-ring (bicyclic) bond motifs is 1. The van der Waals surface area contributed by atoms with Crippen LogP contribution in [0, 0.1) is 5.92 Å². The Balaban J connectivity index is 1.24. The fraction of sp³-hybridized carbons (Fsp3) is 0.737. The van der Waals surface area contributed by atoms with Crippen LogP contribution in [0.15, 0.2) is 23.0 Å². The van der Waals surface area contributed by atoms with Gasteiger partial charge in [0.1, 0.15) is 6.61 Å². The second kappa shape index (κ2) is 7.89. The Kier molecular flexibility index (Phi) is 5.39. The minimum Gasteiger partial charge on any atom is -0.472 e. The summed E-state index contributed by atoms with van der Waals surface area (Å²) < 4.78 is 16.9. The van der Waals surface area contributed by atoms with Gasteiger partial charge in [0.25, 0.3) is 0 Å². The van der Waals surface area contributed by atoms with Crippen LogP contribution in [0.4, 0.5) is 0 Å². The standard InChI is InChI=1S/C19H28N2O4/c22-19(20-4-1-2-5-20)14-24-13-16-9-17-18(10-16)25-8-6-21(17)11-15-3-7-23-12-15/h3,7,12,16-18H,1-2,4-6,8-11,13-14H2. The van der Waals surface area contributed by atoms with Crippen molar-refractivity contribution in [2.45, 2.75) is 44.4 Å². The van der Waals surface area contributed by atoms with Crippen LogP contribution in [0.2, 0.25) is 0 Å². The molecule has 138 valence electrons. The molecule has 3 fully saturated rings. The quantitative estimate of drug-likeness (QED) is 0.786. The first kappa shape index (κ1) is 17.1. The molecule has 0 spiro atoms. The van der Waals surface area contributed by atoms with Crippen molar-refractivity contribution in [1.82, 2.24) is 9.80 Å². The van der Waals surface area contributed by atoms with Crippen LogP contribution in [-0.2, 0) is 20.8 Å². The van der Waals surface area contributed by atoms with Gasteiger partial charge < -0.3 is 18.8 Å². The van der Waals surface area contributed by atoms with Gasteiger partial charge in [0.05, 0.1) is 31.8 Å². The Hall–Kier alpha value is -1.37. The van der Waals surface area contributed by atoms with Gasteiger partial charge in [-0.2, -0.15) is 0 Å². The van der Waals surface area contributed by atoms with Gasteiger partial charge in [0.15, 0.2) is 0 Å². The SMILES string of the molecule is O=C(COCC1CC2OCCN(Cc3ccoc3)C2C1)N1CCCC1. The average molecular weight is 348 g/mol. The van der Waals surface area contributed by atoms with Crippen LogP contribution >= 0.6 is 0 Å². The van der Waals surface area contributed by atoms with E-state index in [0.29, 0.717) is 24.7 Å². The van der Waals surface area contributed by atoms with Crippen molar-refractivity contribution < 1.29 is 18.7 Å². The minimum absolute atomic E-state index is 0.144. The maximum atomic E-state index is 12.1. The average Bonchev–Trinajstić information content (AvgIpc) is 3.36. The van der Waals surface area contributed by atoms with Crippen LogP contribution in [0.3, 0.4) is 0 Å². The largest absolute Gasteiger partial charge is 0.472 e. The van der Waals surface area contributed by atoms with E-state index in [1.54, 1.807) is 6.26 Å². The van der Waals surface area contributed by atoms with Crippen molar-refractivity contribution in [2.75, 3.05) is 39.5 Å². The van der Waals surface area contributed by atoms with E-state index in [1.807, 2.05) is 17.2 Å². The molecule has 0 radical (unpaired) electrons. The molecule has 1 aromatic heterocycles. The summed E-state index contributed by atoms with van der Waals surface area (Å²) >= 11 is 0. The third-order valence-corrected chi connectivity index (χ3v) is 5.75. The predicted octanol–water partition coefficient (Wildman–Crippen LogP) is 1.90. The number of hydrogen-bond acceptors (Lipinski definition) is 5. The number of morpholine rings is 1. The monoisotopic (exact) mass is 348 g/mol. The maximum absolute atomic E-state index is 12.1. The van der Waals surface area contributed by atoms with Crippen molar-refractivity contribution in [1.29, 1.82) is 0 Å². The van der Waals surface area contributed by atoms with E-state index in [4.69, 9.17) is 13.9 Å². The summed E-state index contributed by atoms with van der Waals surface area (Å²) in [4.78, 5) is 16.5.